The van der Waals surface area contributed by atoms with Gasteiger partial charge < -0.3 is 33.8 Å². The second-order valence-corrected chi connectivity index (χ2v) is 29.8. The van der Waals surface area contributed by atoms with Crippen LogP contribution in [0.4, 0.5) is 0 Å². The van der Waals surface area contributed by atoms with Crippen molar-refractivity contribution in [1.29, 1.82) is 0 Å². The summed E-state index contributed by atoms with van der Waals surface area (Å²) in [5.41, 5.74) is 0. The van der Waals surface area contributed by atoms with Crippen LogP contribution in [0, 0.1) is 11.8 Å². The highest BCUT2D eigenvalue weighted by Gasteiger charge is 2.30. The summed E-state index contributed by atoms with van der Waals surface area (Å²) in [7, 11) is -9.90. The van der Waals surface area contributed by atoms with Crippen LogP contribution in [-0.2, 0) is 65.4 Å². The fourth-order valence-corrected chi connectivity index (χ4v) is 12.5. The molecule has 0 saturated carbocycles. The molecule has 3 N–H and O–H groups in total. The Hall–Kier alpha value is -1.94. The first-order valence-corrected chi connectivity index (χ1v) is 40.5. The van der Waals surface area contributed by atoms with Gasteiger partial charge in [-0.2, -0.15) is 0 Å². The number of aliphatic hydroxyl groups excluding tert-OH is 1. The van der Waals surface area contributed by atoms with Gasteiger partial charge in [0.2, 0.25) is 0 Å². The van der Waals surface area contributed by atoms with Gasteiger partial charge in [-0.15, -0.1) is 0 Å². The minimum absolute atomic E-state index is 0.106. The first kappa shape index (κ1) is 89.1. The predicted molar refractivity (Wildman–Crippen MR) is 368 cm³/mol. The molecule has 0 spiro atoms. The van der Waals surface area contributed by atoms with Gasteiger partial charge >= 0.3 is 39.5 Å². The van der Waals surface area contributed by atoms with E-state index in [1.165, 1.54) is 180 Å². The monoisotopic (exact) mass is 1340 g/mol. The van der Waals surface area contributed by atoms with Crippen molar-refractivity contribution in [2.45, 2.75) is 387 Å². The number of aliphatic hydroxyl groups is 1. The molecule has 91 heavy (non-hydrogen) atoms. The predicted octanol–water partition coefficient (Wildman–Crippen LogP) is 20.8. The Balaban J connectivity index is 5.23. The first-order chi connectivity index (χ1) is 43.9. The zero-order valence-electron chi connectivity index (χ0n) is 59.1. The van der Waals surface area contributed by atoms with E-state index in [9.17, 15) is 43.2 Å². The number of rotatable bonds is 71. The van der Waals surface area contributed by atoms with Gasteiger partial charge in [0, 0.05) is 25.7 Å². The lowest BCUT2D eigenvalue weighted by Gasteiger charge is -2.21. The Morgan fingerprint density at radius 1 is 0.297 bits per heavy atom. The molecule has 0 aliphatic carbocycles. The maximum atomic E-state index is 13.0. The zero-order chi connectivity index (χ0) is 67.2. The molecule has 2 unspecified atom stereocenters. The molecule has 0 aliphatic rings. The molecular formula is C72H140O17P2. The minimum atomic E-state index is -4.95. The quantitative estimate of drug-likeness (QED) is 0.0222. The van der Waals surface area contributed by atoms with Crippen LogP contribution in [0.25, 0.3) is 0 Å². The minimum Gasteiger partial charge on any atom is -0.462 e. The van der Waals surface area contributed by atoms with Crippen LogP contribution in [0.1, 0.15) is 369 Å². The molecule has 0 fully saturated rings. The molecule has 0 aromatic heterocycles. The maximum Gasteiger partial charge on any atom is 0.472 e. The molecule has 0 aromatic carbocycles. The number of unbranched alkanes of at least 4 members (excludes halogenated alkanes) is 41. The second kappa shape index (κ2) is 64.1. The Bertz CT molecular complexity index is 1770. The molecule has 17 nitrogen and oxygen atoms in total. The van der Waals surface area contributed by atoms with Gasteiger partial charge in [-0.25, -0.2) is 9.13 Å². The van der Waals surface area contributed by atoms with E-state index in [4.69, 9.17) is 37.0 Å². The highest BCUT2D eigenvalue weighted by molar-refractivity contribution is 7.47. The molecule has 0 amide bonds. The van der Waals surface area contributed by atoms with Crippen molar-refractivity contribution in [3.05, 3.63) is 0 Å². The highest BCUT2D eigenvalue weighted by atomic mass is 31.2. The zero-order valence-corrected chi connectivity index (χ0v) is 60.9. The average molecular weight is 1340 g/mol. The Kier molecular flexibility index (Phi) is 62.7. The van der Waals surface area contributed by atoms with E-state index in [2.05, 4.69) is 41.5 Å². The van der Waals surface area contributed by atoms with Crippen LogP contribution in [0.15, 0.2) is 0 Å². The molecule has 0 heterocycles. The Morgan fingerprint density at radius 3 is 0.747 bits per heavy atom. The van der Waals surface area contributed by atoms with Crippen LogP contribution in [0.3, 0.4) is 0 Å². The molecule has 0 bridgehead atoms. The smallest absolute Gasteiger partial charge is 0.462 e. The van der Waals surface area contributed by atoms with Crippen molar-refractivity contribution < 1.29 is 80.2 Å². The average Bonchev–Trinajstić information content (AvgIpc) is 3.72. The van der Waals surface area contributed by atoms with Gasteiger partial charge in [-0.3, -0.25) is 37.3 Å². The van der Waals surface area contributed by atoms with Crippen LogP contribution in [0.5, 0.6) is 0 Å². The molecule has 19 heteroatoms. The first-order valence-electron chi connectivity index (χ1n) is 37.5. The van der Waals surface area contributed by atoms with E-state index in [0.29, 0.717) is 25.7 Å². The normalized spacial score (nSPS) is 14.1. The third kappa shape index (κ3) is 66.5. The van der Waals surface area contributed by atoms with E-state index < -0.39 is 97.5 Å². The molecule has 0 aromatic rings. The summed E-state index contributed by atoms with van der Waals surface area (Å²) in [6.07, 6.45) is 49.9. The molecular weight excluding hydrogens is 1200 g/mol. The number of phosphoric ester groups is 2. The molecule has 0 saturated heterocycles. The van der Waals surface area contributed by atoms with Crippen molar-refractivity contribution in [3.63, 3.8) is 0 Å². The van der Waals surface area contributed by atoms with Gasteiger partial charge in [0.15, 0.2) is 12.2 Å². The maximum absolute atomic E-state index is 13.0. The molecule has 540 valence electrons. The van der Waals surface area contributed by atoms with Crippen LogP contribution < -0.4 is 0 Å². The number of ether oxygens (including phenoxy) is 4. The summed E-state index contributed by atoms with van der Waals surface area (Å²) < 4.78 is 68.3. The fourth-order valence-electron chi connectivity index (χ4n) is 10.9. The third-order valence-electron chi connectivity index (χ3n) is 16.7. The van der Waals surface area contributed by atoms with E-state index in [1.807, 2.05) is 0 Å². The number of hydrogen-bond donors (Lipinski definition) is 3. The summed E-state index contributed by atoms with van der Waals surface area (Å²) in [4.78, 5) is 72.6. The van der Waals surface area contributed by atoms with Crippen molar-refractivity contribution >= 4 is 39.5 Å². The van der Waals surface area contributed by atoms with Crippen molar-refractivity contribution in [2.24, 2.45) is 11.8 Å². The third-order valence-corrected chi connectivity index (χ3v) is 18.6. The topological polar surface area (TPSA) is 237 Å². The summed E-state index contributed by atoms with van der Waals surface area (Å²) >= 11 is 0. The number of carbonyl (C=O) groups excluding carboxylic acids is 4. The fraction of sp³-hybridized carbons (Fsp3) is 0.944. The Labute approximate surface area is 556 Å². The molecule has 0 radical (unpaired) electrons. The number of esters is 4. The second-order valence-electron chi connectivity index (χ2n) is 26.9. The highest BCUT2D eigenvalue weighted by Crippen LogP contribution is 2.45. The summed E-state index contributed by atoms with van der Waals surface area (Å²) in [5, 5.41) is 10.6. The summed E-state index contributed by atoms with van der Waals surface area (Å²) in [6.45, 7) is 9.54. The summed E-state index contributed by atoms with van der Waals surface area (Å²) in [6, 6.07) is 0. The Morgan fingerprint density at radius 2 is 0.505 bits per heavy atom. The molecule has 0 rings (SSSR count). The summed E-state index contributed by atoms with van der Waals surface area (Å²) in [5.74, 6) is -0.593. The number of phosphoric acid groups is 2. The van der Waals surface area contributed by atoms with Crippen molar-refractivity contribution in [3.8, 4) is 0 Å². The lowest BCUT2D eigenvalue weighted by atomic mass is 10.0. The van der Waals surface area contributed by atoms with Crippen molar-refractivity contribution in [2.75, 3.05) is 39.6 Å². The largest absolute Gasteiger partial charge is 0.472 e. The van der Waals surface area contributed by atoms with Gasteiger partial charge in [0.25, 0.3) is 0 Å². The number of carbonyl (C=O) groups is 4. The SMILES string of the molecule is CCCCCCCCCCCCCCCCCC(=O)OC[C@H](COP(=O)(O)OC[C@@H](O)COP(=O)(O)OC[C@@H](COC(=O)CCCCCCCCCC)OC(=O)CCCCCCCCCCCCC(C)C)OC(=O)CCCCCCCCCCCCCCC(C)C. The van der Waals surface area contributed by atoms with Crippen LogP contribution in [0.2, 0.25) is 0 Å². The number of hydrogen-bond acceptors (Lipinski definition) is 15. The lowest BCUT2D eigenvalue weighted by Crippen LogP contribution is -2.30. The van der Waals surface area contributed by atoms with Crippen LogP contribution >= 0.6 is 15.6 Å². The van der Waals surface area contributed by atoms with E-state index >= 15 is 0 Å². The lowest BCUT2D eigenvalue weighted by molar-refractivity contribution is -0.161. The van der Waals surface area contributed by atoms with Gasteiger partial charge in [-0.05, 0) is 37.5 Å². The molecule has 0 aliphatic heterocycles. The van der Waals surface area contributed by atoms with Gasteiger partial charge in [0.05, 0.1) is 26.4 Å². The molecule has 5 atom stereocenters. The standard InChI is InChI=1S/C72H140O17P2/c1-7-9-11-13-15-17-18-19-20-21-25-31-37-43-49-55-70(75)83-61-68(89-71(76)56-50-44-38-32-26-23-22-24-29-34-40-46-52-64(3)4)63-87-91(80,81)85-59-66(73)58-84-90(78,79)86-62-67(60-82-69(74)54-48-42-36-16-14-12-10-8-2)88-72(77)57-51-45-39-33-28-27-30-35-41-47-53-65(5)6/h64-68,73H,7-63H2,1-6H3,(H,78,79)(H,80,81)/t66-,67+,68+/m0/s1. The van der Waals surface area contributed by atoms with Crippen LogP contribution in [-0.4, -0.2) is 96.7 Å². The van der Waals surface area contributed by atoms with Gasteiger partial charge in [-0.1, -0.05) is 318 Å². The van der Waals surface area contributed by atoms with Crippen molar-refractivity contribution in [1.82, 2.24) is 0 Å². The van der Waals surface area contributed by atoms with E-state index in [1.54, 1.807) is 0 Å². The van der Waals surface area contributed by atoms with Gasteiger partial charge in [0.1, 0.15) is 19.3 Å². The van der Waals surface area contributed by atoms with E-state index in [-0.39, 0.29) is 25.7 Å². The van der Waals surface area contributed by atoms with E-state index in [0.717, 1.165) is 108 Å².